The molecule has 1 aliphatic heterocycles. The van der Waals surface area contributed by atoms with Crippen LogP contribution in [0.2, 0.25) is 0 Å². The van der Waals surface area contributed by atoms with Gasteiger partial charge in [0, 0.05) is 24.3 Å². The van der Waals surface area contributed by atoms with Crippen LogP contribution in [0.25, 0.3) is 6.08 Å². The molecule has 1 aromatic rings. The second-order valence-electron chi connectivity index (χ2n) is 7.45. The maximum atomic E-state index is 11.7. The number of hydrogen-bond donors (Lipinski definition) is 1. The van der Waals surface area contributed by atoms with Gasteiger partial charge in [0.15, 0.2) is 0 Å². The molecule has 128 valence electrons. The number of likely N-dealkylation sites (N-methyl/N-ethyl adjacent to an activating group) is 1. The molecule has 0 spiro atoms. The molecule has 0 saturated carbocycles. The number of hydrogen-bond acceptors (Lipinski definition) is 3. The van der Waals surface area contributed by atoms with Crippen molar-refractivity contribution in [1.82, 2.24) is 5.32 Å². The van der Waals surface area contributed by atoms with Crippen LogP contribution in [-0.4, -0.2) is 24.5 Å². The minimum absolute atomic E-state index is 0.109. The van der Waals surface area contributed by atoms with Crippen molar-refractivity contribution in [1.29, 1.82) is 5.26 Å². The molecule has 2 rings (SSSR count). The molecule has 0 bridgehead atoms. The summed E-state index contributed by atoms with van der Waals surface area (Å²) in [7, 11) is 1.53. The summed E-state index contributed by atoms with van der Waals surface area (Å²) in [6, 6.07) is 8.61. The molecule has 0 unspecified atom stereocenters. The fourth-order valence-corrected chi connectivity index (χ4v) is 3.99. The normalized spacial score (nSPS) is 19.7. The number of fused-ring (bicyclic) bond motifs is 1. The van der Waals surface area contributed by atoms with Gasteiger partial charge >= 0.3 is 0 Å². The first kappa shape index (κ1) is 18.1. The van der Waals surface area contributed by atoms with E-state index >= 15 is 0 Å². The zero-order valence-electron chi connectivity index (χ0n) is 15.5. The molecule has 4 nitrogen and oxygen atoms in total. The van der Waals surface area contributed by atoms with E-state index in [4.69, 9.17) is 0 Å². The maximum absolute atomic E-state index is 11.7. The lowest BCUT2D eigenvalue weighted by Crippen LogP contribution is -2.51. The van der Waals surface area contributed by atoms with E-state index in [0.29, 0.717) is 12.0 Å². The summed E-state index contributed by atoms with van der Waals surface area (Å²) in [5, 5.41) is 11.7. The number of nitrogens with zero attached hydrogens (tertiary/aromatic N) is 2. The number of carbonyl (C=O) groups excluding carboxylic acids is 1. The maximum Gasteiger partial charge on any atom is 0.261 e. The van der Waals surface area contributed by atoms with E-state index in [1.54, 1.807) is 6.08 Å². The number of nitrogens with one attached hydrogen (secondary N) is 1. The monoisotopic (exact) mass is 325 g/mol. The second kappa shape index (κ2) is 6.68. The molecule has 0 radical (unpaired) electrons. The van der Waals surface area contributed by atoms with Gasteiger partial charge < -0.3 is 10.2 Å². The Morgan fingerprint density at radius 3 is 2.67 bits per heavy atom. The standard InChI is InChI=1S/C20H27N3O/c1-13(2)23-18-8-7-15(9-16(12-21)19(24)22-6)10-17(18)14(3)11-20(23,4)5/h7-10,13-14H,11H2,1-6H3,(H,22,24)/b16-9-/t14-/m1/s1. The summed E-state index contributed by atoms with van der Waals surface area (Å²) < 4.78 is 0. The van der Waals surface area contributed by atoms with E-state index in [1.807, 2.05) is 12.1 Å². The van der Waals surface area contributed by atoms with Crippen LogP contribution in [0.4, 0.5) is 5.69 Å². The Bertz CT molecular complexity index is 710. The van der Waals surface area contributed by atoms with Gasteiger partial charge in [-0.2, -0.15) is 5.26 Å². The van der Waals surface area contributed by atoms with E-state index in [-0.39, 0.29) is 17.0 Å². The molecule has 24 heavy (non-hydrogen) atoms. The predicted molar refractivity (Wildman–Crippen MR) is 98.8 cm³/mol. The van der Waals surface area contributed by atoms with E-state index in [1.165, 1.54) is 18.3 Å². The van der Waals surface area contributed by atoms with Crippen LogP contribution in [0.1, 0.15) is 58.1 Å². The summed E-state index contributed by atoms with van der Waals surface area (Å²) >= 11 is 0. The van der Waals surface area contributed by atoms with Crippen LogP contribution >= 0.6 is 0 Å². The topological polar surface area (TPSA) is 56.1 Å². The first-order chi connectivity index (χ1) is 11.2. The van der Waals surface area contributed by atoms with Crippen molar-refractivity contribution < 1.29 is 4.79 Å². The highest BCUT2D eigenvalue weighted by atomic mass is 16.1. The largest absolute Gasteiger partial charge is 0.364 e. The van der Waals surface area contributed by atoms with Crippen molar-refractivity contribution in [3.8, 4) is 6.07 Å². The second-order valence-corrected chi connectivity index (χ2v) is 7.45. The smallest absolute Gasteiger partial charge is 0.261 e. The third kappa shape index (κ3) is 3.31. The average molecular weight is 325 g/mol. The highest BCUT2D eigenvalue weighted by Crippen LogP contribution is 2.44. The van der Waals surface area contributed by atoms with Crippen molar-refractivity contribution in [2.75, 3.05) is 11.9 Å². The fourth-order valence-electron chi connectivity index (χ4n) is 3.99. The molecule has 0 saturated heterocycles. The highest BCUT2D eigenvalue weighted by Gasteiger charge is 2.37. The van der Waals surface area contributed by atoms with Crippen LogP contribution in [-0.2, 0) is 4.79 Å². The molecule has 1 N–H and O–H groups in total. The summed E-state index contributed by atoms with van der Waals surface area (Å²) in [6.45, 7) is 11.3. The van der Waals surface area contributed by atoms with Gasteiger partial charge in [0.1, 0.15) is 11.6 Å². The molecule has 1 heterocycles. The Morgan fingerprint density at radius 2 is 2.12 bits per heavy atom. The Kier molecular flexibility index (Phi) is 5.03. The predicted octanol–water partition coefficient (Wildman–Crippen LogP) is 3.84. The first-order valence-electron chi connectivity index (χ1n) is 8.48. The van der Waals surface area contributed by atoms with E-state index < -0.39 is 0 Å². The number of anilines is 1. The van der Waals surface area contributed by atoms with Crippen LogP contribution in [0, 0.1) is 11.3 Å². The zero-order chi connectivity index (χ0) is 18.1. The summed E-state index contributed by atoms with van der Waals surface area (Å²) in [4.78, 5) is 14.2. The van der Waals surface area contributed by atoms with Crippen molar-refractivity contribution in [3.05, 3.63) is 34.9 Å². The van der Waals surface area contributed by atoms with Gasteiger partial charge in [-0.25, -0.2) is 0 Å². The third-order valence-electron chi connectivity index (χ3n) is 4.72. The lowest BCUT2D eigenvalue weighted by atomic mass is 9.79. The van der Waals surface area contributed by atoms with Gasteiger partial charge in [0.2, 0.25) is 0 Å². The van der Waals surface area contributed by atoms with Crippen LogP contribution in [0.3, 0.4) is 0 Å². The van der Waals surface area contributed by atoms with Gasteiger partial charge in [0.05, 0.1) is 0 Å². The van der Waals surface area contributed by atoms with E-state index in [2.05, 4.69) is 57.0 Å². The number of nitriles is 1. The fraction of sp³-hybridized carbons (Fsp3) is 0.500. The quantitative estimate of drug-likeness (QED) is 0.678. The van der Waals surface area contributed by atoms with Gasteiger partial charge in [-0.3, -0.25) is 4.79 Å². The van der Waals surface area contributed by atoms with E-state index in [9.17, 15) is 10.1 Å². The Balaban J connectivity index is 2.52. The van der Waals surface area contributed by atoms with Crippen LogP contribution < -0.4 is 10.2 Å². The van der Waals surface area contributed by atoms with Crippen LogP contribution in [0.5, 0.6) is 0 Å². The van der Waals surface area contributed by atoms with Gasteiger partial charge in [0.25, 0.3) is 5.91 Å². The molecule has 0 fully saturated rings. The number of carbonyl (C=O) groups is 1. The lowest BCUT2D eigenvalue weighted by molar-refractivity contribution is -0.116. The SMILES string of the molecule is CNC(=O)/C(C#N)=C\c1ccc2c(c1)[C@H](C)CC(C)(C)N2C(C)C. The minimum atomic E-state index is -0.354. The third-order valence-corrected chi connectivity index (χ3v) is 4.72. The van der Waals surface area contributed by atoms with Crippen LogP contribution in [0.15, 0.2) is 23.8 Å². The Morgan fingerprint density at radius 1 is 1.46 bits per heavy atom. The summed E-state index contributed by atoms with van der Waals surface area (Å²) in [5.74, 6) is 0.0806. The van der Waals surface area contributed by atoms with Gasteiger partial charge in [-0.05, 0) is 69.4 Å². The Labute approximate surface area is 145 Å². The Hall–Kier alpha value is -2.28. The van der Waals surface area contributed by atoms with Crippen molar-refractivity contribution >= 4 is 17.7 Å². The van der Waals surface area contributed by atoms with Gasteiger partial charge in [-0.1, -0.05) is 13.0 Å². The molecular formula is C20H27N3O. The highest BCUT2D eigenvalue weighted by molar-refractivity contribution is 6.01. The summed E-state index contributed by atoms with van der Waals surface area (Å²) in [5.41, 5.74) is 3.67. The molecular weight excluding hydrogens is 298 g/mol. The summed E-state index contributed by atoms with van der Waals surface area (Å²) in [6.07, 6.45) is 2.73. The van der Waals surface area contributed by atoms with Crippen molar-refractivity contribution in [2.24, 2.45) is 0 Å². The molecule has 1 aliphatic rings. The zero-order valence-corrected chi connectivity index (χ0v) is 15.5. The van der Waals surface area contributed by atoms with E-state index in [0.717, 1.165) is 12.0 Å². The molecule has 1 amide bonds. The molecule has 1 aromatic carbocycles. The lowest BCUT2D eigenvalue weighted by Gasteiger charge is -2.50. The van der Waals surface area contributed by atoms with Crippen molar-refractivity contribution in [3.63, 3.8) is 0 Å². The molecule has 0 aliphatic carbocycles. The average Bonchev–Trinajstić information content (AvgIpc) is 2.51. The molecule has 0 aromatic heterocycles. The number of amides is 1. The number of benzene rings is 1. The minimum Gasteiger partial charge on any atom is -0.364 e. The van der Waals surface area contributed by atoms with Gasteiger partial charge in [-0.15, -0.1) is 0 Å². The molecule has 1 atom stereocenters. The first-order valence-corrected chi connectivity index (χ1v) is 8.48. The van der Waals surface area contributed by atoms with Crippen molar-refractivity contribution in [2.45, 2.75) is 58.5 Å². The molecule has 4 heteroatoms. The number of rotatable bonds is 3.